The van der Waals surface area contributed by atoms with Gasteiger partial charge in [-0.3, -0.25) is 4.79 Å². The van der Waals surface area contributed by atoms with Crippen LogP contribution in [-0.2, 0) is 13.6 Å². The molecule has 4 heteroatoms. The lowest BCUT2D eigenvalue weighted by molar-refractivity contribution is -0.122. The van der Waals surface area contributed by atoms with Gasteiger partial charge in [0, 0.05) is 6.61 Å². The maximum atomic E-state index is 11.7. The van der Waals surface area contributed by atoms with Crippen molar-refractivity contribution >= 4 is 14.3 Å². The maximum Gasteiger partial charge on any atom is 0.335 e. The van der Waals surface area contributed by atoms with Crippen molar-refractivity contribution in [1.29, 1.82) is 0 Å². The second kappa shape index (κ2) is 6.99. The molecule has 0 amide bonds. The first kappa shape index (κ1) is 15.5. The van der Waals surface area contributed by atoms with Crippen molar-refractivity contribution in [2.24, 2.45) is 0 Å². The highest BCUT2D eigenvalue weighted by Gasteiger charge is 2.34. The summed E-state index contributed by atoms with van der Waals surface area (Å²) in [6.45, 7) is 13.8. The van der Waals surface area contributed by atoms with Crippen molar-refractivity contribution in [3.05, 3.63) is 12.2 Å². The number of hydrogen-bond acceptors (Lipinski definition) is 3. The van der Waals surface area contributed by atoms with Gasteiger partial charge >= 0.3 is 8.56 Å². The Balaban J connectivity index is 4.50. The normalized spacial score (nSPS) is 16.6. The summed E-state index contributed by atoms with van der Waals surface area (Å²) in [5.74, 6) is -0.0328. The van der Waals surface area contributed by atoms with E-state index in [1.165, 1.54) is 0 Å². The van der Waals surface area contributed by atoms with Crippen molar-refractivity contribution in [2.75, 3.05) is 6.61 Å². The van der Waals surface area contributed by atoms with Crippen LogP contribution in [0.3, 0.4) is 0 Å². The Morgan fingerprint density at radius 1 is 1.44 bits per heavy atom. The van der Waals surface area contributed by atoms with E-state index in [9.17, 15) is 4.79 Å². The Hall–Kier alpha value is -0.453. The molecule has 0 aromatic rings. The Labute approximate surface area is 100 Å². The van der Waals surface area contributed by atoms with Crippen molar-refractivity contribution < 1.29 is 13.6 Å². The van der Waals surface area contributed by atoms with E-state index in [1.54, 1.807) is 13.8 Å². The van der Waals surface area contributed by atoms with E-state index in [0.717, 1.165) is 12.5 Å². The zero-order valence-electron chi connectivity index (χ0n) is 11.1. The van der Waals surface area contributed by atoms with E-state index in [-0.39, 0.29) is 5.78 Å². The number of carbonyl (C=O) groups is 1. The molecule has 0 bridgehead atoms. The van der Waals surface area contributed by atoms with Gasteiger partial charge in [-0.25, -0.2) is 0 Å². The van der Waals surface area contributed by atoms with Crippen LogP contribution in [-0.4, -0.2) is 27.1 Å². The summed E-state index contributed by atoms with van der Waals surface area (Å²) >= 11 is 0. The molecule has 2 atom stereocenters. The molecule has 0 spiro atoms. The average molecular weight is 244 g/mol. The fourth-order valence-corrected chi connectivity index (χ4v) is 4.40. The molecular weight excluding hydrogens is 220 g/mol. The highest BCUT2D eigenvalue weighted by molar-refractivity contribution is 6.66. The van der Waals surface area contributed by atoms with Gasteiger partial charge in [0.1, 0.15) is 6.10 Å². The summed E-state index contributed by atoms with van der Waals surface area (Å²) in [6.07, 6.45) is 0.573. The molecule has 0 saturated heterocycles. The second-order valence-electron chi connectivity index (χ2n) is 4.22. The molecule has 0 N–H and O–H groups in total. The largest absolute Gasteiger partial charge is 0.395 e. The zero-order chi connectivity index (χ0) is 12.8. The summed E-state index contributed by atoms with van der Waals surface area (Å²) < 4.78 is 11.6. The smallest absolute Gasteiger partial charge is 0.335 e. The standard InChI is InChI=1S/C12H24O3Si/c1-7-9-16(6,14-8-2)15-11(5)12(13)10(3)4/h11H,3,7-9H2,1-2,4-6H3. The van der Waals surface area contributed by atoms with Gasteiger partial charge in [0.15, 0.2) is 5.78 Å². The summed E-state index contributed by atoms with van der Waals surface area (Å²) in [4.78, 5) is 11.7. The van der Waals surface area contributed by atoms with E-state index >= 15 is 0 Å². The minimum absolute atomic E-state index is 0.0328. The highest BCUT2D eigenvalue weighted by atomic mass is 28.4. The number of hydrogen-bond donors (Lipinski definition) is 0. The number of Topliss-reactive ketones (excluding diaryl/α,β-unsaturated/α-hetero) is 1. The molecule has 2 unspecified atom stereocenters. The predicted molar refractivity (Wildman–Crippen MR) is 68.7 cm³/mol. The number of ketones is 1. The second-order valence-corrected chi connectivity index (χ2v) is 7.51. The van der Waals surface area contributed by atoms with Crippen molar-refractivity contribution in [2.45, 2.75) is 52.8 Å². The van der Waals surface area contributed by atoms with Crippen molar-refractivity contribution in [1.82, 2.24) is 0 Å². The van der Waals surface area contributed by atoms with Crippen LogP contribution in [0.5, 0.6) is 0 Å². The summed E-state index contributed by atoms with van der Waals surface area (Å²) in [5, 5.41) is 0. The van der Waals surface area contributed by atoms with Crippen LogP contribution in [0.2, 0.25) is 12.6 Å². The molecule has 0 radical (unpaired) electrons. The molecule has 3 nitrogen and oxygen atoms in total. The third-order valence-electron chi connectivity index (χ3n) is 2.37. The molecule has 94 valence electrons. The van der Waals surface area contributed by atoms with Crippen LogP contribution in [0.25, 0.3) is 0 Å². The Morgan fingerprint density at radius 2 is 2.00 bits per heavy atom. The van der Waals surface area contributed by atoms with Crippen LogP contribution in [0.1, 0.15) is 34.1 Å². The fourth-order valence-electron chi connectivity index (χ4n) is 1.70. The third kappa shape index (κ3) is 5.05. The van der Waals surface area contributed by atoms with Gasteiger partial charge < -0.3 is 8.85 Å². The van der Waals surface area contributed by atoms with Gasteiger partial charge in [-0.05, 0) is 38.9 Å². The number of rotatable bonds is 8. The molecular formula is C12H24O3Si. The lowest BCUT2D eigenvalue weighted by Gasteiger charge is -2.29. The van der Waals surface area contributed by atoms with E-state index in [4.69, 9.17) is 8.85 Å². The first-order valence-electron chi connectivity index (χ1n) is 5.87. The molecule has 0 fully saturated rings. The maximum absolute atomic E-state index is 11.7. The van der Waals surface area contributed by atoms with E-state index in [0.29, 0.717) is 12.2 Å². The molecule has 0 heterocycles. The van der Waals surface area contributed by atoms with E-state index < -0.39 is 14.7 Å². The Kier molecular flexibility index (Phi) is 6.79. The van der Waals surface area contributed by atoms with Crippen LogP contribution < -0.4 is 0 Å². The molecule has 0 aliphatic carbocycles. The minimum Gasteiger partial charge on any atom is -0.395 e. The molecule has 0 aliphatic rings. The minimum atomic E-state index is -2.18. The van der Waals surface area contributed by atoms with Crippen LogP contribution >= 0.6 is 0 Å². The van der Waals surface area contributed by atoms with Gasteiger partial charge in [-0.15, -0.1) is 0 Å². The van der Waals surface area contributed by atoms with Crippen LogP contribution in [0.15, 0.2) is 12.2 Å². The molecule has 0 aromatic heterocycles. The lowest BCUT2D eigenvalue weighted by atomic mass is 10.1. The molecule has 0 aliphatic heterocycles. The quantitative estimate of drug-likeness (QED) is 0.486. The summed E-state index contributed by atoms with van der Waals surface area (Å²) in [6, 6.07) is 0.911. The van der Waals surface area contributed by atoms with Gasteiger partial charge in [-0.2, -0.15) is 0 Å². The van der Waals surface area contributed by atoms with Crippen molar-refractivity contribution in [3.63, 3.8) is 0 Å². The Bertz CT molecular complexity index is 245. The monoisotopic (exact) mass is 244 g/mol. The number of carbonyl (C=O) groups excluding carboxylic acids is 1. The van der Waals surface area contributed by atoms with Gasteiger partial charge in [-0.1, -0.05) is 19.9 Å². The van der Waals surface area contributed by atoms with Crippen LogP contribution in [0.4, 0.5) is 0 Å². The topological polar surface area (TPSA) is 35.5 Å². The van der Waals surface area contributed by atoms with Gasteiger partial charge in [0.05, 0.1) is 0 Å². The van der Waals surface area contributed by atoms with Crippen LogP contribution in [0, 0.1) is 0 Å². The zero-order valence-corrected chi connectivity index (χ0v) is 12.1. The van der Waals surface area contributed by atoms with Crippen molar-refractivity contribution in [3.8, 4) is 0 Å². The third-order valence-corrected chi connectivity index (χ3v) is 5.53. The summed E-state index contributed by atoms with van der Waals surface area (Å²) in [7, 11) is -2.18. The lowest BCUT2D eigenvalue weighted by Crippen LogP contribution is -2.43. The first-order chi connectivity index (χ1) is 7.36. The SMILES string of the molecule is C=C(C)C(=O)C(C)O[Si](C)(CCC)OCC. The van der Waals surface area contributed by atoms with Gasteiger partial charge in [0.25, 0.3) is 0 Å². The average Bonchev–Trinajstić information content (AvgIpc) is 2.16. The molecule has 0 saturated carbocycles. The fraction of sp³-hybridized carbons (Fsp3) is 0.750. The highest BCUT2D eigenvalue weighted by Crippen LogP contribution is 2.19. The molecule has 0 rings (SSSR count). The van der Waals surface area contributed by atoms with E-state index in [2.05, 4.69) is 13.5 Å². The molecule has 0 aromatic carbocycles. The summed E-state index contributed by atoms with van der Waals surface area (Å²) in [5.41, 5.74) is 0.539. The van der Waals surface area contributed by atoms with Gasteiger partial charge in [0.2, 0.25) is 0 Å². The first-order valence-corrected chi connectivity index (χ1v) is 8.40. The predicted octanol–water partition coefficient (Wildman–Crippen LogP) is 3.06. The van der Waals surface area contributed by atoms with E-state index in [1.807, 2.05) is 13.5 Å². The molecule has 16 heavy (non-hydrogen) atoms. The Morgan fingerprint density at radius 3 is 2.38 bits per heavy atom.